The van der Waals surface area contributed by atoms with E-state index in [-0.39, 0.29) is 17.6 Å². The Morgan fingerprint density at radius 3 is 2.48 bits per heavy atom. The van der Waals surface area contributed by atoms with Crippen LogP contribution >= 0.6 is 35.0 Å². The van der Waals surface area contributed by atoms with Crippen LogP contribution in [-0.4, -0.2) is 17.6 Å². The Labute approximate surface area is 161 Å². The minimum atomic E-state index is -0.189. The normalized spacial score (nSPS) is 10.4. The largest absolute Gasteiger partial charge is 0.325 e. The fraction of sp³-hybridized carbons (Fsp3) is 0.222. The van der Waals surface area contributed by atoms with Gasteiger partial charge in [-0.15, -0.1) is 11.8 Å². The number of carbonyl (C=O) groups excluding carboxylic acids is 2. The predicted molar refractivity (Wildman–Crippen MR) is 107 cm³/mol. The average molecular weight is 397 g/mol. The summed E-state index contributed by atoms with van der Waals surface area (Å²) in [5.41, 5.74) is 3.09. The number of amides is 2. The number of rotatable bonds is 6. The summed E-state index contributed by atoms with van der Waals surface area (Å²) in [6.45, 7) is 3.35. The van der Waals surface area contributed by atoms with E-state index in [0.717, 1.165) is 11.1 Å². The molecule has 0 spiro atoms. The molecule has 2 rings (SSSR count). The number of thioether (sulfide) groups is 1. The van der Waals surface area contributed by atoms with Crippen molar-refractivity contribution in [2.45, 2.75) is 19.6 Å². The summed E-state index contributed by atoms with van der Waals surface area (Å²) in [5.74, 6) is 0.542. The second-order valence-corrected chi connectivity index (χ2v) is 7.34. The van der Waals surface area contributed by atoms with Crippen molar-refractivity contribution in [3.63, 3.8) is 0 Å². The van der Waals surface area contributed by atoms with E-state index in [1.165, 1.54) is 18.7 Å². The maximum atomic E-state index is 12.2. The van der Waals surface area contributed by atoms with Gasteiger partial charge in [-0.1, -0.05) is 35.3 Å². The van der Waals surface area contributed by atoms with Crippen molar-refractivity contribution in [3.8, 4) is 0 Å². The molecule has 2 aromatic rings. The molecule has 0 aliphatic heterocycles. The van der Waals surface area contributed by atoms with E-state index in [0.29, 0.717) is 27.2 Å². The van der Waals surface area contributed by atoms with Crippen molar-refractivity contribution in [3.05, 3.63) is 57.6 Å². The summed E-state index contributed by atoms with van der Waals surface area (Å²) in [4.78, 5) is 23.5. The van der Waals surface area contributed by atoms with Crippen molar-refractivity contribution in [2.75, 3.05) is 16.4 Å². The third-order valence-corrected chi connectivity index (χ3v) is 4.83. The van der Waals surface area contributed by atoms with Gasteiger partial charge in [0.1, 0.15) is 0 Å². The number of hydrogen-bond acceptors (Lipinski definition) is 3. The quantitative estimate of drug-likeness (QED) is 0.710. The second kappa shape index (κ2) is 9.13. The molecule has 2 aromatic carbocycles. The first-order valence-corrected chi connectivity index (χ1v) is 9.46. The SMILES string of the molecule is CC(=O)Nc1ccc(C)cc1NC(=O)CSCc1ccc(Cl)cc1Cl. The lowest BCUT2D eigenvalue weighted by Gasteiger charge is -2.12. The molecule has 0 radical (unpaired) electrons. The molecule has 0 aliphatic carbocycles. The fourth-order valence-corrected chi connectivity index (χ4v) is 3.52. The summed E-state index contributed by atoms with van der Waals surface area (Å²) in [7, 11) is 0. The van der Waals surface area contributed by atoms with E-state index in [1.807, 2.05) is 25.1 Å². The molecule has 0 atom stereocenters. The van der Waals surface area contributed by atoms with Crippen LogP contribution < -0.4 is 10.6 Å². The lowest BCUT2D eigenvalue weighted by molar-refractivity contribution is -0.115. The number of benzene rings is 2. The van der Waals surface area contributed by atoms with Gasteiger partial charge in [-0.2, -0.15) is 0 Å². The lowest BCUT2D eigenvalue weighted by atomic mass is 10.2. The average Bonchev–Trinajstić information content (AvgIpc) is 2.52. The molecule has 0 aliphatic rings. The van der Waals surface area contributed by atoms with E-state index in [4.69, 9.17) is 23.2 Å². The molecule has 4 nitrogen and oxygen atoms in total. The summed E-state index contributed by atoms with van der Waals surface area (Å²) >= 11 is 13.4. The van der Waals surface area contributed by atoms with Crippen molar-refractivity contribution >= 4 is 58.2 Å². The first kappa shape index (κ1) is 19.6. The van der Waals surface area contributed by atoms with Crippen LogP contribution in [0.5, 0.6) is 0 Å². The number of aryl methyl sites for hydroxylation is 1. The maximum absolute atomic E-state index is 12.2. The second-order valence-electron chi connectivity index (χ2n) is 5.51. The molecule has 0 saturated carbocycles. The zero-order valence-electron chi connectivity index (χ0n) is 13.9. The first-order valence-electron chi connectivity index (χ1n) is 7.55. The van der Waals surface area contributed by atoms with Gasteiger partial charge in [0.05, 0.1) is 17.1 Å². The van der Waals surface area contributed by atoms with Crippen LogP contribution in [0.25, 0.3) is 0 Å². The molecule has 2 N–H and O–H groups in total. The standard InChI is InChI=1S/C18H18Cl2N2O2S/c1-11-3-6-16(21-12(2)23)17(7-11)22-18(24)10-25-9-13-4-5-14(19)8-15(13)20/h3-8H,9-10H2,1-2H3,(H,21,23)(H,22,24). The van der Waals surface area contributed by atoms with Gasteiger partial charge in [0.25, 0.3) is 0 Å². The van der Waals surface area contributed by atoms with E-state index in [1.54, 1.807) is 18.2 Å². The lowest BCUT2D eigenvalue weighted by Crippen LogP contribution is -2.17. The van der Waals surface area contributed by atoms with Crippen molar-refractivity contribution in [1.82, 2.24) is 0 Å². The topological polar surface area (TPSA) is 58.2 Å². The zero-order chi connectivity index (χ0) is 18.4. The maximum Gasteiger partial charge on any atom is 0.234 e. The summed E-state index contributed by atoms with van der Waals surface area (Å²) in [5, 5.41) is 6.72. The van der Waals surface area contributed by atoms with Gasteiger partial charge >= 0.3 is 0 Å². The smallest absolute Gasteiger partial charge is 0.234 e. The molecule has 0 bridgehead atoms. The highest BCUT2D eigenvalue weighted by atomic mass is 35.5. The van der Waals surface area contributed by atoms with E-state index < -0.39 is 0 Å². The highest BCUT2D eigenvalue weighted by Crippen LogP contribution is 2.26. The molecule has 0 unspecified atom stereocenters. The van der Waals surface area contributed by atoms with Gasteiger partial charge < -0.3 is 10.6 Å². The Balaban J connectivity index is 1.94. The Morgan fingerprint density at radius 2 is 1.80 bits per heavy atom. The third kappa shape index (κ3) is 6.27. The number of halogens is 2. The summed E-state index contributed by atoms with van der Waals surface area (Å²) in [6.07, 6.45) is 0. The van der Waals surface area contributed by atoms with Crippen molar-refractivity contribution < 1.29 is 9.59 Å². The Morgan fingerprint density at radius 1 is 1.04 bits per heavy atom. The fourth-order valence-electron chi connectivity index (χ4n) is 2.14. The monoisotopic (exact) mass is 396 g/mol. The van der Waals surface area contributed by atoms with Crippen LogP contribution in [0.2, 0.25) is 10.0 Å². The first-order chi connectivity index (χ1) is 11.8. The van der Waals surface area contributed by atoms with Gasteiger partial charge in [-0.05, 0) is 42.3 Å². The van der Waals surface area contributed by atoms with Gasteiger partial charge in [0.2, 0.25) is 11.8 Å². The number of hydrogen-bond donors (Lipinski definition) is 2. The van der Waals surface area contributed by atoms with Gasteiger partial charge in [-0.3, -0.25) is 9.59 Å². The molecule has 132 valence electrons. The Bertz CT molecular complexity index is 797. The number of nitrogens with one attached hydrogen (secondary N) is 2. The van der Waals surface area contributed by atoms with Crippen molar-refractivity contribution in [1.29, 1.82) is 0 Å². The molecule has 0 heterocycles. The highest BCUT2D eigenvalue weighted by molar-refractivity contribution is 7.99. The van der Waals surface area contributed by atoms with E-state index in [9.17, 15) is 9.59 Å². The minimum absolute atomic E-state index is 0.146. The molecular weight excluding hydrogens is 379 g/mol. The molecule has 7 heteroatoms. The van der Waals surface area contributed by atoms with Crippen LogP contribution in [-0.2, 0) is 15.3 Å². The van der Waals surface area contributed by atoms with Crippen LogP contribution in [0.15, 0.2) is 36.4 Å². The number of carbonyl (C=O) groups is 2. The predicted octanol–water partition coefficient (Wildman–Crippen LogP) is 5.13. The van der Waals surface area contributed by atoms with Crippen LogP contribution in [0.4, 0.5) is 11.4 Å². The molecule has 0 fully saturated rings. The molecule has 0 aromatic heterocycles. The molecule has 25 heavy (non-hydrogen) atoms. The van der Waals surface area contributed by atoms with E-state index in [2.05, 4.69) is 10.6 Å². The molecule has 2 amide bonds. The third-order valence-electron chi connectivity index (χ3n) is 3.27. The number of anilines is 2. The summed E-state index contributed by atoms with van der Waals surface area (Å²) < 4.78 is 0. The summed E-state index contributed by atoms with van der Waals surface area (Å²) in [6, 6.07) is 10.8. The Kier molecular flexibility index (Phi) is 7.17. The van der Waals surface area contributed by atoms with E-state index >= 15 is 0 Å². The molecule has 0 saturated heterocycles. The highest BCUT2D eigenvalue weighted by Gasteiger charge is 2.09. The zero-order valence-corrected chi connectivity index (χ0v) is 16.2. The minimum Gasteiger partial charge on any atom is -0.325 e. The van der Waals surface area contributed by atoms with Gasteiger partial charge in [-0.25, -0.2) is 0 Å². The van der Waals surface area contributed by atoms with Gasteiger partial charge in [0, 0.05) is 22.7 Å². The van der Waals surface area contributed by atoms with Gasteiger partial charge in [0.15, 0.2) is 0 Å². The van der Waals surface area contributed by atoms with Crippen LogP contribution in [0.3, 0.4) is 0 Å². The Hall–Kier alpha value is -1.69. The van der Waals surface area contributed by atoms with Crippen LogP contribution in [0, 0.1) is 6.92 Å². The van der Waals surface area contributed by atoms with Crippen molar-refractivity contribution in [2.24, 2.45) is 0 Å². The van der Waals surface area contributed by atoms with Crippen LogP contribution in [0.1, 0.15) is 18.1 Å². The molecular formula is C18H18Cl2N2O2S.